The van der Waals surface area contributed by atoms with Gasteiger partial charge < -0.3 is 4.90 Å². The second-order valence-corrected chi connectivity index (χ2v) is 7.33. The van der Waals surface area contributed by atoms with E-state index in [1.54, 1.807) is 11.9 Å². The molecular weight excluding hydrogens is 302 g/mol. The average molecular weight is 333 g/mol. The highest BCUT2D eigenvalue weighted by Gasteiger charge is 2.09. The summed E-state index contributed by atoms with van der Waals surface area (Å²) in [4.78, 5) is 13.5. The van der Waals surface area contributed by atoms with Crippen LogP contribution < -0.4 is 0 Å². The summed E-state index contributed by atoms with van der Waals surface area (Å²) in [5, 5.41) is 0. The number of rotatable bonds is 14. The molecule has 0 radical (unpaired) electrons. The van der Waals surface area contributed by atoms with E-state index < -0.39 is 10.1 Å². The number of unbranched alkanes of at least 4 members (excludes halogenated alkanes) is 7. The molecule has 0 aromatic carbocycles. The van der Waals surface area contributed by atoms with E-state index in [1.807, 2.05) is 6.08 Å². The molecule has 0 aliphatic heterocycles. The summed E-state index contributed by atoms with van der Waals surface area (Å²) in [7, 11) is -2.14. The Kier molecular flexibility index (Phi) is 12.1. The van der Waals surface area contributed by atoms with Gasteiger partial charge in [-0.25, -0.2) is 0 Å². The molecular formula is C16H31NO4S. The Balaban J connectivity index is 3.52. The average Bonchev–Trinajstić information content (AvgIpc) is 2.45. The quantitative estimate of drug-likeness (QED) is 0.300. The Bertz CT molecular complexity index is 406. The highest BCUT2D eigenvalue weighted by atomic mass is 32.2. The molecule has 0 bridgehead atoms. The number of hydrogen-bond acceptors (Lipinski definition) is 3. The fourth-order valence-electron chi connectivity index (χ4n) is 2.22. The highest BCUT2D eigenvalue weighted by Crippen LogP contribution is 2.09. The number of amides is 1. The number of nitrogens with zero attached hydrogens (tertiary/aromatic N) is 1. The standard InChI is InChI=1S/C16H31NO4S/c1-3-4-5-6-7-8-9-10-13-16(18)17(2)14-11-12-15-22(19,20)21/h3H,1,4-15H2,2H3,(H,19,20,21). The molecule has 0 saturated carbocycles. The van der Waals surface area contributed by atoms with E-state index in [0.717, 1.165) is 19.3 Å². The number of carbonyl (C=O) groups is 1. The van der Waals surface area contributed by atoms with Gasteiger partial charge in [0.15, 0.2) is 0 Å². The minimum absolute atomic E-state index is 0.110. The molecule has 0 unspecified atom stereocenters. The van der Waals surface area contributed by atoms with Gasteiger partial charge in [-0.05, 0) is 32.1 Å². The molecule has 0 saturated heterocycles. The first kappa shape index (κ1) is 21.1. The van der Waals surface area contributed by atoms with Crippen LogP contribution in [0.25, 0.3) is 0 Å². The van der Waals surface area contributed by atoms with Gasteiger partial charge in [0, 0.05) is 20.0 Å². The van der Waals surface area contributed by atoms with Crippen molar-refractivity contribution in [3.05, 3.63) is 12.7 Å². The lowest BCUT2D eigenvalue weighted by molar-refractivity contribution is -0.130. The van der Waals surface area contributed by atoms with Gasteiger partial charge >= 0.3 is 0 Å². The zero-order valence-electron chi connectivity index (χ0n) is 13.8. The molecule has 0 fully saturated rings. The fraction of sp³-hybridized carbons (Fsp3) is 0.812. The Morgan fingerprint density at radius 1 is 1.05 bits per heavy atom. The van der Waals surface area contributed by atoms with Crippen molar-refractivity contribution in [3.63, 3.8) is 0 Å². The van der Waals surface area contributed by atoms with Crippen LogP contribution in [0.2, 0.25) is 0 Å². The second-order valence-electron chi connectivity index (χ2n) is 5.76. The van der Waals surface area contributed by atoms with E-state index in [-0.39, 0.29) is 11.7 Å². The first-order valence-corrected chi connectivity index (χ1v) is 9.77. The van der Waals surface area contributed by atoms with Crippen LogP contribution in [0.3, 0.4) is 0 Å². The van der Waals surface area contributed by atoms with Gasteiger partial charge in [0.1, 0.15) is 0 Å². The molecule has 5 nitrogen and oxygen atoms in total. The SMILES string of the molecule is C=CCCCCCCCCC(=O)N(C)CCCCS(=O)(=O)O. The van der Waals surface area contributed by atoms with E-state index in [4.69, 9.17) is 4.55 Å². The number of carbonyl (C=O) groups excluding carboxylic acids is 1. The lowest BCUT2D eigenvalue weighted by Gasteiger charge is -2.16. The van der Waals surface area contributed by atoms with Gasteiger partial charge in [0.2, 0.25) is 5.91 Å². The van der Waals surface area contributed by atoms with Crippen LogP contribution in [0.15, 0.2) is 12.7 Å². The Labute approximate surface area is 135 Å². The van der Waals surface area contributed by atoms with Crippen molar-refractivity contribution in [2.24, 2.45) is 0 Å². The molecule has 0 aromatic heterocycles. The van der Waals surface area contributed by atoms with Crippen LogP contribution in [-0.2, 0) is 14.9 Å². The van der Waals surface area contributed by atoms with E-state index in [1.165, 1.54) is 25.7 Å². The van der Waals surface area contributed by atoms with Crippen molar-refractivity contribution in [1.82, 2.24) is 4.90 Å². The summed E-state index contributed by atoms with van der Waals surface area (Å²) in [5.41, 5.74) is 0. The summed E-state index contributed by atoms with van der Waals surface area (Å²) < 4.78 is 29.7. The summed E-state index contributed by atoms with van der Waals surface area (Å²) in [6.45, 7) is 4.24. The first-order chi connectivity index (χ1) is 10.4. The Morgan fingerprint density at radius 2 is 1.64 bits per heavy atom. The van der Waals surface area contributed by atoms with Gasteiger partial charge in [-0.3, -0.25) is 9.35 Å². The molecule has 22 heavy (non-hydrogen) atoms. The van der Waals surface area contributed by atoms with Crippen LogP contribution in [0.1, 0.15) is 64.2 Å². The highest BCUT2D eigenvalue weighted by molar-refractivity contribution is 7.85. The van der Waals surface area contributed by atoms with Gasteiger partial charge in [0.05, 0.1) is 5.75 Å². The van der Waals surface area contributed by atoms with E-state index >= 15 is 0 Å². The normalized spacial score (nSPS) is 11.4. The summed E-state index contributed by atoms with van der Waals surface area (Å²) in [6, 6.07) is 0. The van der Waals surface area contributed by atoms with Gasteiger partial charge in [-0.15, -0.1) is 6.58 Å². The van der Waals surface area contributed by atoms with Crippen molar-refractivity contribution < 1.29 is 17.8 Å². The zero-order chi connectivity index (χ0) is 16.8. The van der Waals surface area contributed by atoms with Crippen LogP contribution in [0.4, 0.5) is 0 Å². The summed E-state index contributed by atoms with van der Waals surface area (Å²) in [5.74, 6) is -0.125. The van der Waals surface area contributed by atoms with Crippen molar-refractivity contribution in [2.45, 2.75) is 64.2 Å². The van der Waals surface area contributed by atoms with Crippen LogP contribution in [-0.4, -0.2) is 43.1 Å². The zero-order valence-corrected chi connectivity index (χ0v) is 14.6. The molecule has 1 N–H and O–H groups in total. The van der Waals surface area contributed by atoms with Crippen molar-refractivity contribution in [3.8, 4) is 0 Å². The first-order valence-electron chi connectivity index (χ1n) is 8.17. The molecule has 0 atom stereocenters. The third-order valence-electron chi connectivity index (χ3n) is 3.62. The minimum Gasteiger partial charge on any atom is -0.346 e. The Hall–Kier alpha value is -0.880. The molecule has 0 aliphatic rings. The van der Waals surface area contributed by atoms with Crippen molar-refractivity contribution in [2.75, 3.05) is 19.3 Å². The van der Waals surface area contributed by atoms with Gasteiger partial charge in [0.25, 0.3) is 10.1 Å². The van der Waals surface area contributed by atoms with E-state index in [2.05, 4.69) is 6.58 Å². The van der Waals surface area contributed by atoms with Crippen molar-refractivity contribution in [1.29, 1.82) is 0 Å². The molecule has 0 aliphatic carbocycles. The fourth-order valence-corrected chi connectivity index (χ4v) is 2.79. The Morgan fingerprint density at radius 3 is 2.23 bits per heavy atom. The molecule has 130 valence electrons. The minimum atomic E-state index is -3.88. The summed E-state index contributed by atoms with van der Waals surface area (Å²) in [6.07, 6.45) is 11.4. The third-order valence-corrected chi connectivity index (χ3v) is 4.43. The smallest absolute Gasteiger partial charge is 0.264 e. The lowest BCUT2D eigenvalue weighted by atomic mass is 10.1. The predicted octanol–water partition coefficient (Wildman–Crippen LogP) is 3.42. The molecule has 0 heterocycles. The molecule has 6 heteroatoms. The maximum Gasteiger partial charge on any atom is 0.264 e. The molecule has 0 rings (SSSR count). The monoisotopic (exact) mass is 333 g/mol. The maximum atomic E-state index is 11.9. The van der Waals surface area contributed by atoms with Crippen LogP contribution in [0.5, 0.6) is 0 Å². The molecule has 0 aromatic rings. The van der Waals surface area contributed by atoms with E-state index in [9.17, 15) is 13.2 Å². The maximum absolute atomic E-state index is 11.9. The summed E-state index contributed by atoms with van der Waals surface area (Å²) >= 11 is 0. The van der Waals surface area contributed by atoms with Gasteiger partial charge in [-0.1, -0.05) is 31.8 Å². The van der Waals surface area contributed by atoms with E-state index in [0.29, 0.717) is 25.8 Å². The number of hydrogen-bond donors (Lipinski definition) is 1. The topological polar surface area (TPSA) is 74.7 Å². The molecule has 1 amide bonds. The largest absolute Gasteiger partial charge is 0.346 e. The third kappa shape index (κ3) is 14.1. The van der Waals surface area contributed by atoms with Crippen LogP contribution in [0, 0.1) is 0 Å². The van der Waals surface area contributed by atoms with Gasteiger partial charge in [-0.2, -0.15) is 8.42 Å². The number of allylic oxidation sites excluding steroid dienone is 1. The lowest BCUT2D eigenvalue weighted by Crippen LogP contribution is -2.27. The molecule has 0 spiro atoms. The van der Waals surface area contributed by atoms with Crippen molar-refractivity contribution >= 4 is 16.0 Å². The predicted molar refractivity (Wildman–Crippen MR) is 90.4 cm³/mol. The second kappa shape index (κ2) is 12.6. The van der Waals surface area contributed by atoms with Crippen LogP contribution >= 0.6 is 0 Å².